The first-order valence-corrected chi connectivity index (χ1v) is 11.1. The smallest absolute Gasteiger partial charge is 0.253 e. The lowest BCUT2D eigenvalue weighted by molar-refractivity contribution is -0.126. The molecule has 2 N–H and O–H groups in total. The molecule has 29 heavy (non-hydrogen) atoms. The van der Waals surface area contributed by atoms with Crippen LogP contribution in [0, 0.1) is 0 Å². The van der Waals surface area contributed by atoms with E-state index < -0.39 is 0 Å². The summed E-state index contributed by atoms with van der Waals surface area (Å²) in [5, 5.41) is 4.30. The minimum atomic E-state index is -0.129. The van der Waals surface area contributed by atoms with Gasteiger partial charge in [0.1, 0.15) is 0 Å². The highest BCUT2D eigenvalue weighted by molar-refractivity contribution is 5.99. The molecule has 154 valence electrons. The van der Waals surface area contributed by atoms with Gasteiger partial charge in [0, 0.05) is 54.4 Å². The molecule has 1 atom stereocenters. The van der Waals surface area contributed by atoms with Crippen LogP contribution in [0.2, 0.25) is 0 Å². The zero-order chi connectivity index (χ0) is 20.0. The minimum absolute atomic E-state index is 0.104. The van der Waals surface area contributed by atoms with Crippen LogP contribution >= 0.6 is 0 Å². The number of aryl methyl sites for hydroxylation is 2. The molecular formula is C23H30N4O2. The first-order valence-electron chi connectivity index (χ1n) is 11.1. The van der Waals surface area contributed by atoms with Gasteiger partial charge in [-0.25, -0.2) is 0 Å². The second-order valence-electron chi connectivity index (χ2n) is 8.84. The number of piperazine rings is 1. The predicted octanol–water partition coefficient (Wildman–Crippen LogP) is 2.47. The van der Waals surface area contributed by atoms with Gasteiger partial charge in [0.25, 0.3) is 5.91 Å². The van der Waals surface area contributed by atoms with E-state index in [1.165, 1.54) is 29.5 Å². The molecule has 6 heteroatoms. The molecule has 1 aliphatic heterocycles. The topological polar surface area (TPSA) is 68.4 Å². The summed E-state index contributed by atoms with van der Waals surface area (Å²) in [4.78, 5) is 33.1. The van der Waals surface area contributed by atoms with Gasteiger partial charge in [-0.05, 0) is 69.2 Å². The van der Waals surface area contributed by atoms with Gasteiger partial charge in [-0.2, -0.15) is 0 Å². The Hall–Kier alpha value is -2.34. The Labute approximate surface area is 171 Å². The molecule has 2 aromatic rings. The molecule has 1 aromatic carbocycles. The van der Waals surface area contributed by atoms with E-state index in [1.807, 2.05) is 17.9 Å². The van der Waals surface area contributed by atoms with E-state index in [0.717, 1.165) is 49.9 Å². The highest BCUT2D eigenvalue weighted by atomic mass is 16.2. The van der Waals surface area contributed by atoms with Crippen molar-refractivity contribution in [2.24, 2.45) is 0 Å². The van der Waals surface area contributed by atoms with Gasteiger partial charge < -0.3 is 15.2 Å². The monoisotopic (exact) mass is 394 g/mol. The van der Waals surface area contributed by atoms with Gasteiger partial charge >= 0.3 is 0 Å². The first-order chi connectivity index (χ1) is 14.1. The molecule has 0 bridgehead atoms. The van der Waals surface area contributed by atoms with Crippen molar-refractivity contribution in [2.75, 3.05) is 26.2 Å². The molecule has 6 nitrogen and oxygen atoms in total. The molecule has 2 fully saturated rings. The van der Waals surface area contributed by atoms with Gasteiger partial charge in [0.05, 0.1) is 6.04 Å². The number of amides is 2. The molecule has 2 amide bonds. The molecule has 3 aliphatic rings. The van der Waals surface area contributed by atoms with Crippen LogP contribution in [-0.2, 0) is 17.6 Å². The van der Waals surface area contributed by atoms with E-state index in [9.17, 15) is 9.59 Å². The highest BCUT2D eigenvalue weighted by Gasteiger charge is 2.31. The van der Waals surface area contributed by atoms with Crippen LogP contribution in [0.1, 0.15) is 54.2 Å². The maximum Gasteiger partial charge on any atom is 0.253 e. The molecule has 5 rings (SSSR count). The van der Waals surface area contributed by atoms with Gasteiger partial charge in [-0.1, -0.05) is 0 Å². The Balaban J connectivity index is 1.25. The van der Waals surface area contributed by atoms with Crippen LogP contribution in [0.5, 0.6) is 0 Å². The molecule has 2 heterocycles. The predicted molar refractivity (Wildman–Crippen MR) is 113 cm³/mol. The van der Waals surface area contributed by atoms with Crippen LogP contribution in [-0.4, -0.2) is 64.9 Å². The van der Waals surface area contributed by atoms with Gasteiger partial charge in [0.2, 0.25) is 5.91 Å². The van der Waals surface area contributed by atoms with Gasteiger partial charge in [-0.3, -0.25) is 14.5 Å². The number of nitrogens with one attached hydrogen (secondary N) is 2. The van der Waals surface area contributed by atoms with Crippen molar-refractivity contribution in [2.45, 2.75) is 57.5 Å². The van der Waals surface area contributed by atoms with Crippen LogP contribution in [0.3, 0.4) is 0 Å². The molecule has 1 aromatic heterocycles. The van der Waals surface area contributed by atoms with Crippen molar-refractivity contribution in [3.05, 3.63) is 35.0 Å². The SMILES string of the molecule is CC(C(=O)NC1CC1)N1CCN(C(=O)c2ccc3[nH]c4c(c3c2)CCCC4)CC1. The van der Waals surface area contributed by atoms with Crippen molar-refractivity contribution in [1.82, 2.24) is 20.1 Å². The van der Waals surface area contributed by atoms with Crippen LogP contribution < -0.4 is 5.32 Å². The van der Waals surface area contributed by atoms with Crippen LogP contribution in [0.4, 0.5) is 0 Å². The van der Waals surface area contributed by atoms with Crippen molar-refractivity contribution < 1.29 is 9.59 Å². The zero-order valence-electron chi connectivity index (χ0n) is 17.2. The number of hydrogen-bond acceptors (Lipinski definition) is 3. The maximum absolute atomic E-state index is 13.1. The van der Waals surface area contributed by atoms with E-state index in [4.69, 9.17) is 0 Å². The summed E-state index contributed by atoms with van der Waals surface area (Å²) in [7, 11) is 0. The number of aromatic nitrogens is 1. The lowest BCUT2D eigenvalue weighted by Gasteiger charge is -2.37. The molecule has 1 saturated carbocycles. The van der Waals surface area contributed by atoms with Crippen LogP contribution in [0.15, 0.2) is 18.2 Å². The van der Waals surface area contributed by atoms with Gasteiger partial charge in [-0.15, -0.1) is 0 Å². The Morgan fingerprint density at radius 3 is 2.62 bits per heavy atom. The number of rotatable bonds is 4. The number of hydrogen-bond donors (Lipinski definition) is 2. The number of carbonyl (C=O) groups excluding carboxylic acids is 2. The third-order valence-electron chi connectivity index (χ3n) is 6.80. The average molecular weight is 395 g/mol. The van der Waals surface area contributed by atoms with Crippen LogP contribution in [0.25, 0.3) is 10.9 Å². The summed E-state index contributed by atoms with van der Waals surface area (Å²) in [5.41, 5.74) is 4.68. The van der Waals surface area contributed by atoms with E-state index >= 15 is 0 Å². The summed E-state index contributed by atoms with van der Waals surface area (Å²) < 4.78 is 0. The van der Waals surface area contributed by atoms with Crippen molar-refractivity contribution in [3.8, 4) is 0 Å². The largest absolute Gasteiger partial charge is 0.358 e. The quantitative estimate of drug-likeness (QED) is 0.837. The van der Waals surface area contributed by atoms with Gasteiger partial charge in [0.15, 0.2) is 0 Å². The summed E-state index contributed by atoms with van der Waals surface area (Å²) in [5.74, 6) is 0.224. The molecule has 0 radical (unpaired) electrons. The molecule has 1 saturated heterocycles. The molecular weight excluding hydrogens is 364 g/mol. The highest BCUT2D eigenvalue weighted by Crippen LogP contribution is 2.30. The third kappa shape index (κ3) is 3.66. The van der Waals surface area contributed by atoms with Crippen molar-refractivity contribution in [3.63, 3.8) is 0 Å². The number of H-pyrrole nitrogens is 1. The molecule has 0 spiro atoms. The fourth-order valence-electron chi connectivity index (χ4n) is 4.75. The van der Waals surface area contributed by atoms with Crippen molar-refractivity contribution in [1.29, 1.82) is 0 Å². The number of aromatic amines is 1. The number of nitrogens with zero attached hydrogens (tertiary/aromatic N) is 2. The Kier molecular flexibility index (Phi) is 4.82. The normalized spacial score (nSPS) is 21.1. The zero-order valence-corrected chi connectivity index (χ0v) is 17.2. The second-order valence-corrected chi connectivity index (χ2v) is 8.84. The van der Waals surface area contributed by atoms with E-state index in [0.29, 0.717) is 19.1 Å². The summed E-state index contributed by atoms with van der Waals surface area (Å²) in [6.07, 6.45) is 6.90. The Bertz CT molecular complexity index is 938. The fourth-order valence-corrected chi connectivity index (χ4v) is 4.75. The fraction of sp³-hybridized carbons (Fsp3) is 0.565. The van der Waals surface area contributed by atoms with E-state index in [2.05, 4.69) is 27.3 Å². The minimum Gasteiger partial charge on any atom is -0.358 e. The van der Waals surface area contributed by atoms with E-state index in [1.54, 1.807) is 0 Å². The standard InChI is InChI=1S/C23H30N4O2/c1-15(22(28)24-17-7-8-17)26-10-12-27(13-11-26)23(29)16-6-9-21-19(14-16)18-4-2-3-5-20(18)25-21/h6,9,14-15,17,25H,2-5,7-8,10-13H2,1H3,(H,24,28). The third-order valence-corrected chi connectivity index (χ3v) is 6.80. The summed E-state index contributed by atoms with van der Waals surface area (Å²) >= 11 is 0. The lowest BCUT2D eigenvalue weighted by atomic mass is 9.95. The number of carbonyl (C=O) groups is 2. The molecule has 1 unspecified atom stereocenters. The Morgan fingerprint density at radius 2 is 1.86 bits per heavy atom. The lowest BCUT2D eigenvalue weighted by Crippen LogP contribution is -2.55. The Morgan fingerprint density at radius 1 is 1.10 bits per heavy atom. The number of fused-ring (bicyclic) bond motifs is 3. The average Bonchev–Trinajstić information content (AvgIpc) is 3.50. The first kappa shape index (κ1) is 18.7. The number of benzene rings is 1. The molecule has 2 aliphatic carbocycles. The summed E-state index contributed by atoms with van der Waals surface area (Å²) in [6.45, 7) is 4.80. The second kappa shape index (κ2) is 7.48. The van der Waals surface area contributed by atoms with E-state index in [-0.39, 0.29) is 17.9 Å². The maximum atomic E-state index is 13.1. The summed E-state index contributed by atoms with van der Waals surface area (Å²) in [6, 6.07) is 6.35. The van der Waals surface area contributed by atoms with Crippen molar-refractivity contribution >= 4 is 22.7 Å².